The molecule has 1 aromatic rings. The van der Waals surface area contributed by atoms with E-state index in [-0.39, 0.29) is 35.5 Å². The molecule has 0 aromatic heterocycles. The van der Waals surface area contributed by atoms with Gasteiger partial charge in [0.2, 0.25) is 5.75 Å². The van der Waals surface area contributed by atoms with Crippen molar-refractivity contribution >= 4 is 17.7 Å². The Bertz CT molecular complexity index is 864. The first-order valence-electron chi connectivity index (χ1n) is 9.74. The number of esters is 1. The van der Waals surface area contributed by atoms with Gasteiger partial charge in [-0.1, -0.05) is 13.3 Å². The van der Waals surface area contributed by atoms with Gasteiger partial charge >= 0.3 is 17.7 Å². The van der Waals surface area contributed by atoms with E-state index in [4.69, 9.17) is 14.2 Å². The molecule has 1 atom stereocenters. The largest absolute Gasteiger partial charge is 0.490 e. The molecule has 1 aliphatic rings. The number of nitro benzene ring substituents is 1. The molecular formula is C20H27N3O7. The van der Waals surface area contributed by atoms with Gasteiger partial charge in [-0.15, -0.1) is 0 Å². The van der Waals surface area contributed by atoms with Crippen LogP contribution in [0.15, 0.2) is 23.4 Å². The SMILES string of the molecule is CCCC1=C(C(=O)OC(C)C)C(c2cc(OCC)c(OC)c([N+](=O)[O-])c2)NC(=O)N1. The average molecular weight is 421 g/mol. The second kappa shape index (κ2) is 9.95. The van der Waals surface area contributed by atoms with Crippen LogP contribution in [0.3, 0.4) is 0 Å². The minimum Gasteiger partial charge on any atom is -0.490 e. The summed E-state index contributed by atoms with van der Waals surface area (Å²) in [5, 5.41) is 17.0. The molecule has 1 aromatic carbocycles. The number of rotatable bonds is 9. The molecule has 1 unspecified atom stereocenters. The highest BCUT2D eigenvalue weighted by atomic mass is 16.6. The highest BCUT2D eigenvalue weighted by molar-refractivity contribution is 5.95. The molecule has 30 heavy (non-hydrogen) atoms. The zero-order valence-electron chi connectivity index (χ0n) is 17.7. The molecule has 0 saturated carbocycles. The Hall–Kier alpha value is -3.30. The van der Waals surface area contributed by atoms with Crippen molar-refractivity contribution in [1.82, 2.24) is 10.6 Å². The summed E-state index contributed by atoms with van der Waals surface area (Å²) in [7, 11) is 1.31. The lowest BCUT2D eigenvalue weighted by Crippen LogP contribution is -2.46. The number of allylic oxidation sites excluding steroid dienone is 1. The summed E-state index contributed by atoms with van der Waals surface area (Å²) in [4.78, 5) is 36.2. The summed E-state index contributed by atoms with van der Waals surface area (Å²) < 4.78 is 16.1. The smallest absolute Gasteiger partial charge is 0.338 e. The summed E-state index contributed by atoms with van der Waals surface area (Å²) in [5.41, 5.74) is 0.602. The number of nitro groups is 1. The van der Waals surface area contributed by atoms with Gasteiger partial charge in [-0.3, -0.25) is 10.1 Å². The van der Waals surface area contributed by atoms with Crippen molar-refractivity contribution in [1.29, 1.82) is 0 Å². The van der Waals surface area contributed by atoms with Gasteiger partial charge in [-0.2, -0.15) is 0 Å². The van der Waals surface area contributed by atoms with Gasteiger partial charge in [-0.25, -0.2) is 9.59 Å². The van der Waals surface area contributed by atoms with E-state index in [0.717, 1.165) is 0 Å². The van der Waals surface area contributed by atoms with E-state index in [0.29, 0.717) is 24.1 Å². The van der Waals surface area contributed by atoms with Gasteiger partial charge in [0.25, 0.3) is 0 Å². The van der Waals surface area contributed by atoms with Crippen molar-refractivity contribution in [3.63, 3.8) is 0 Å². The second-order valence-corrected chi connectivity index (χ2v) is 6.89. The van der Waals surface area contributed by atoms with E-state index in [2.05, 4.69) is 10.6 Å². The molecule has 0 bridgehead atoms. The van der Waals surface area contributed by atoms with Gasteiger partial charge < -0.3 is 24.8 Å². The predicted octanol–water partition coefficient (Wildman–Crippen LogP) is 3.36. The first kappa shape index (κ1) is 23.0. The number of urea groups is 1. The molecule has 10 nitrogen and oxygen atoms in total. The highest BCUT2D eigenvalue weighted by Gasteiger charge is 2.36. The Morgan fingerprint density at radius 2 is 2.00 bits per heavy atom. The lowest BCUT2D eigenvalue weighted by atomic mass is 9.93. The Morgan fingerprint density at radius 3 is 2.53 bits per heavy atom. The molecule has 0 spiro atoms. The van der Waals surface area contributed by atoms with E-state index in [1.165, 1.54) is 19.2 Å². The maximum absolute atomic E-state index is 12.9. The van der Waals surface area contributed by atoms with Gasteiger partial charge in [-0.05, 0) is 38.8 Å². The van der Waals surface area contributed by atoms with Gasteiger partial charge in [0, 0.05) is 11.8 Å². The molecule has 0 radical (unpaired) electrons. The average Bonchev–Trinajstić information content (AvgIpc) is 2.66. The van der Waals surface area contributed by atoms with Crippen LogP contribution < -0.4 is 20.1 Å². The van der Waals surface area contributed by atoms with Crippen LogP contribution >= 0.6 is 0 Å². The molecule has 2 N–H and O–H groups in total. The number of carbonyl (C=O) groups is 2. The predicted molar refractivity (Wildman–Crippen MR) is 108 cm³/mol. The lowest BCUT2D eigenvalue weighted by molar-refractivity contribution is -0.385. The van der Waals surface area contributed by atoms with E-state index in [1.54, 1.807) is 20.8 Å². The number of hydrogen-bond acceptors (Lipinski definition) is 7. The summed E-state index contributed by atoms with van der Waals surface area (Å²) >= 11 is 0. The summed E-state index contributed by atoms with van der Waals surface area (Å²) in [5.74, 6) is -0.497. The van der Waals surface area contributed by atoms with Gasteiger partial charge in [0.1, 0.15) is 0 Å². The zero-order valence-corrected chi connectivity index (χ0v) is 17.7. The molecule has 0 aliphatic carbocycles. The molecule has 1 aliphatic heterocycles. The molecule has 2 rings (SSSR count). The maximum atomic E-state index is 12.9. The van der Waals surface area contributed by atoms with E-state index in [9.17, 15) is 19.7 Å². The number of methoxy groups -OCH3 is 1. The molecule has 164 valence electrons. The lowest BCUT2D eigenvalue weighted by Gasteiger charge is -2.30. The number of amides is 2. The van der Waals surface area contributed by atoms with Crippen LogP contribution in [-0.4, -0.2) is 36.7 Å². The number of nitrogens with zero attached hydrogens (tertiary/aromatic N) is 1. The van der Waals surface area contributed by atoms with Crippen molar-refractivity contribution < 1.29 is 28.7 Å². The van der Waals surface area contributed by atoms with Crippen LogP contribution in [-0.2, 0) is 9.53 Å². The third-order valence-electron chi connectivity index (χ3n) is 4.31. The molecule has 10 heteroatoms. The fraction of sp³-hybridized carbons (Fsp3) is 0.500. The van der Waals surface area contributed by atoms with Crippen LogP contribution in [0, 0.1) is 10.1 Å². The Kier molecular flexibility index (Phi) is 7.62. The van der Waals surface area contributed by atoms with Crippen molar-refractivity contribution in [2.75, 3.05) is 13.7 Å². The molecule has 0 fully saturated rings. The third kappa shape index (κ3) is 5.00. The number of carbonyl (C=O) groups excluding carboxylic acids is 2. The van der Waals surface area contributed by atoms with E-state index >= 15 is 0 Å². The summed E-state index contributed by atoms with van der Waals surface area (Å²) in [6.07, 6.45) is 0.729. The topological polar surface area (TPSA) is 129 Å². The highest BCUT2D eigenvalue weighted by Crippen LogP contribution is 2.42. The number of benzene rings is 1. The number of ether oxygens (including phenoxy) is 3. The Balaban J connectivity index is 2.70. The molecule has 0 saturated heterocycles. The molecule has 1 heterocycles. The van der Waals surface area contributed by atoms with Crippen molar-refractivity contribution in [2.24, 2.45) is 0 Å². The zero-order chi connectivity index (χ0) is 22.4. The quantitative estimate of drug-likeness (QED) is 0.355. The summed E-state index contributed by atoms with van der Waals surface area (Å²) in [6, 6.07) is 1.33. The van der Waals surface area contributed by atoms with Gasteiger partial charge in [0.15, 0.2) is 5.75 Å². The first-order valence-corrected chi connectivity index (χ1v) is 9.74. The Morgan fingerprint density at radius 1 is 1.30 bits per heavy atom. The molecule has 2 amide bonds. The van der Waals surface area contributed by atoms with Crippen molar-refractivity contribution in [3.8, 4) is 11.5 Å². The van der Waals surface area contributed by atoms with Crippen LogP contribution in [0.1, 0.15) is 52.1 Å². The minimum atomic E-state index is -0.949. The number of hydrogen-bond donors (Lipinski definition) is 2. The summed E-state index contributed by atoms with van der Waals surface area (Å²) in [6.45, 7) is 7.32. The van der Waals surface area contributed by atoms with Gasteiger partial charge in [0.05, 0.1) is 36.4 Å². The monoisotopic (exact) mass is 421 g/mol. The third-order valence-corrected chi connectivity index (χ3v) is 4.31. The van der Waals surface area contributed by atoms with Crippen LogP contribution in [0.25, 0.3) is 0 Å². The van der Waals surface area contributed by atoms with Crippen molar-refractivity contribution in [3.05, 3.63) is 39.1 Å². The number of nitrogens with one attached hydrogen (secondary N) is 2. The van der Waals surface area contributed by atoms with Crippen LogP contribution in [0.2, 0.25) is 0 Å². The fourth-order valence-electron chi connectivity index (χ4n) is 3.21. The second-order valence-electron chi connectivity index (χ2n) is 6.89. The van der Waals surface area contributed by atoms with E-state index in [1.807, 2.05) is 6.92 Å². The standard InChI is InChI=1S/C20H27N3O7/c1-6-8-13-16(19(24)30-11(3)4)17(22-20(25)21-13)12-9-14(23(26)27)18(28-5)15(10-12)29-7-2/h9-11,17H,6-8H2,1-5H3,(H2,21,22,25). The van der Waals surface area contributed by atoms with E-state index < -0.39 is 23.0 Å². The minimum absolute atomic E-state index is 0.0325. The first-order chi connectivity index (χ1) is 14.2. The maximum Gasteiger partial charge on any atom is 0.338 e. The van der Waals surface area contributed by atoms with Crippen molar-refractivity contribution in [2.45, 2.75) is 52.7 Å². The van der Waals surface area contributed by atoms with Crippen LogP contribution in [0.4, 0.5) is 10.5 Å². The molecular weight excluding hydrogens is 394 g/mol. The van der Waals surface area contributed by atoms with Crippen LogP contribution in [0.5, 0.6) is 11.5 Å². The fourth-order valence-corrected chi connectivity index (χ4v) is 3.21. The Labute approximate surface area is 174 Å². The normalized spacial score (nSPS) is 16.1.